The highest BCUT2D eigenvalue weighted by Crippen LogP contribution is 2.36. The molecule has 6 nitrogen and oxygen atoms in total. The molecule has 5 rings (SSSR count). The van der Waals surface area contributed by atoms with Crippen LogP contribution in [0.2, 0.25) is 0 Å². The molecule has 0 aliphatic carbocycles. The number of carbonyl (C=O) groups is 2. The van der Waals surface area contributed by atoms with Crippen LogP contribution >= 0.6 is 0 Å². The Morgan fingerprint density at radius 1 is 0.972 bits per heavy atom. The van der Waals surface area contributed by atoms with Crippen molar-refractivity contribution >= 4 is 28.3 Å². The van der Waals surface area contributed by atoms with Crippen molar-refractivity contribution in [2.45, 2.75) is 35.6 Å². The first-order valence-electron chi connectivity index (χ1n) is 12.2. The molecule has 3 aromatic rings. The minimum atomic E-state index is -1.60. The molecule has 2 amide bonds. The molecule has 0 radical (unpaired) electrons. The average molecular weight is 506 g/mol. The second-order valence-electron chi connectivity index (χ2n) is 9.12. The van der Waals surface area contributed by atoms with Gasteiger partial charge in [-0.1, -0.05) is 24.3 Å². The van der Waals surface area contributed by atoms with Crippen molar-refractivity contribution in [2.75, 3.05) is 31.1 Å². The second-order valence-corrected chi connectivity index (χ2v) is 10.5. The normalized spacial score (nSPS) is 17.4. The Balaban J connectivity index is 1.43. The number of likely N-dealkylation sites (tertiary alicyclic amines) is 1. The Labute approximate surface area is 212 Å². The number of hydrogen-bond donors (Lipinski definition) is 1. The molecule has 1 saturated heterocycles. The zero-order valence-corrected chi connectivity index (χ0v) is 20.7. The number of amides is 2. The van der Waals surface area contributed by atoms with E-state index in [4.69, 9.17) is 0 Å². The lowest BCUT2D eigenvalue weighted by atomic mass is 10.1. The minimum absolute atomic E-state index is 0.151. The quantitative estimate of drug-likeness (QED) is 0.484. The Bertz CT molecular complexity index is 1310. The van der Waals surface area contributed by atoms with Crippen LogP contribution in [0.4, 0.5) is 10.1 Å². The van der Waals surface area contributed by atoms with E-state index in [1.165, 1.54) is 29.9 Å². The third-order valence-corrected chi connectivity index (χ3v) is 8.16. The van der Waals surface area contributed by atoms with Crippen molar-refractivity contribution < 1.29 is 18.2 Å². The molecule has 186 valence electrons. The van der Waals surface area contributed by atoms with E-state index in [2.05, 4.69) is 10.2 Å². The van der Waals surface area contributed by atoms with Gasteiger partial charge < -0.3 is 15.1 Å². The Hall–Kier alpha value is -3.36. The molecule has 1 atom stereocenters. The summed E-state index contributed by atoms with van der Waals surface area (Å²) in [6.07, 6.45) is 3.34. The monoisotopic (exact) mass is 505 g/mol. The first-order valence-corrected chi connectivity index (χ1v) is 13.4. The van der Waals surface area contributed by atoms with E-state index >= 15 is 0 Å². The number of halogens is 1. The van der Waals surface area contributed by atoms with Gasteiger partial charge in [-0.25, -0.2) is 8.60 Å². The number of carbonyl (C=O) groups excluding carboxylic acids is 2. The number of nitrogens with one attached hydrogen (secondary N) is 1. The fourth-order valence-electron chi connectivity index (χ4n) is 4.75. The van der Waals surface area contributed by atoms with Crippen LogP contribution in [0.3, 0.4) is 0 Å². The van der Waals surface area contributed by atoms with Gasteiger partial charge in [0.25, 0.3) is 11.8 Å². The molecule has 2 aliphatic rings. The average Bonchev–Trinajstić information content (AvgIpc) is 3.41. The Morgan fingerprint density at radius 2 is 1.72 bits per heavy atom. The number of benzene rings is 3. The zero-order chi connectivity index (χ0) is 25.1. The highest BCUT2D eigenvalue weighted by molar-refractivity contribution is 7.85. The SMILES string of the molecule is O=C(NCCCN1CCCC1)c1ccc2c(c1)N(Cc1ccc(F)cc1)C(=O)c1ccccc1[S@]2=O. The number of rotatable bonds is 7. The minimum Gasteiger partial charge on any atom is -0.352 e. The lowest BCUT2D eigenvalue weighted by Gasteiger charge is -2.23. The molecule has 2 aliphatic heterocycles. The maximum absolute atomic E-state index is 13.6. The van der Waals surface area contributed by atoms with Crippen molar-refractivity contribution in [3.63, 3.8) is 0 Å². The van der Waals surface area contributed by atoms with E-state index in [9.17, 15) is 18.2 Å². The number of nitrogens with zero attached hydrogens (tertiary/aromatic N) is 2. The molecule has 0 unspecified atom stereocenters. The summed E-state index contributed by atoms with van der Waals surface area (Å²) in [6.45, 7) is 3.91. The molecule has 0 saturated carbocycles. The molecule has 0 bridgehead atoms. The topological polar surface area (TPSA) is 69.7 Å². The molecule has 0 aromatic heterocycles. The summed E-state index contributed by atoms with van der Waals surface area (Å²) < 4.78 is 27.0. The van der Waals surface area contributed by atoms with Crippen molar-refractivity contribution in [1.29, 1.82) is 0 Å². The number of hydrogen-bond acceptors (Lipinski definition) is 4. The van der Waals surface area contributed by atoms with Gasteiger partial charge in [-0.05, 0) is 86.9 Å². The second kappa shape index (κ2) is 10.7. The lowest BCUT2D eigenvalue weighted by molar-refractivity contribution is 0.0948. The first-order chi connectivity index (χ1) is 17.5. The maximum Gasteiger partial charge on any atom is 0.259 e. The van der Waals surface area contributed by atoms with Crippen molar-refractivity contribution in [2.24, 2.45) is 0 Å². The van der Waals surface area contributed by atoms with Crippen LogP contribution in [0.1, 0.15) is 45.5 Å². The van der Waals surface area contributed by atoms with Crippen LogP contribution in [0, 0.1) is 5.82 Å². The molecular formula is C28H28FN3O3S. The van der Waals surface area contributed by atoms with Crippen molar-refractivity contribution in [3.05, 3.63) is 89.2 Å². The van der Waals surface area contributed by atoms with Crippen LogP contribution < -0.4 is 10.2 Å². The molecule has 1 fully saturated rings. The summed E-state index contributed by atoms with van der Waals surface area (Å²) in [5.41, 5.74) is 1.89. The van der Waals surface area contributed by atoms with Gasteiger partial charge in [0.1, 0.15) is 5.82 Å². The summed E-state index contributed by atoms with van der Waals surface area (Å²) in [5.74, 6) is -0.914. The molecule has 2 heterocycles. The van der Waals surface area contributed by atoms with E-state index in [-0.39, 0.29) is 24.2 Å². The van der Waals surface area contributed by atoms with E-state index in [0.717, 1.165) is 31.6 Å². The summed E-state index contributed by atoms with van der Waals surface area (Å²) in [6, 6.07) is 17.7. The predicted molar refractivity (Wildman–Crippen MR) is 137 cm³/mol. The Morgan fingerprint density at radius 3 is 2.50 bits per heavy atom. The summed E-state index contributed by atoms with van der Waals surface area (Å²) in [4.78, 5) is 31.4. The third kappa shape index (κ3) is 5.10. The summed E-state index contributed by atoms with van der Waals surface area (Å²) in [7, 11) is -1.60. The van der Waals surface area contributed by atoms with E-state index < -0.39 is 10.8 Å². The van der Waals surface area contributed by atoms with Gasteiger partial charge in [-0.2, -0.15) is 0 Å². The fraction of sp³-hybridized carbons (Fsp3) is 0.286. The van der Waals surface area contributed by atoms with Gasteiger partial charge in [-0.3, -0.25) is 9.59 Å². The Kier molecular flexibility index (Phi) is 7.25. The molecule has 0 spiro atoms. The zero-order valence-electron chi connectivity index (χ0n) is 19.9. The standard InChI is InChI=1S/C28H28FN3O3S/c29-22-11-8-20(9-12-22)19-32-24-18-21(27(33)30-14-5-17-31-15-3-4-16-31)10-13-26(24)36(35)25-7-2-1-6-23(25)28(32)34/h1-2,6-13,18H,3-5,14-17,19H2,(H,30,33)/t36-/m1/s1. The molecule has 8 heteroatoms. The molecular weight excluding hydrogens is 477 g/mol. The van der Waals surface area contributed by atoms with Gasteiger partial charge in [0, 0.05) is 12.1 Å². The van der Waals surface area contributed by atoms with Crippen LogP contribution in [0.15, 0.2) is 76.5 Å². The number of fused-ring (bicyclic) bond motifs is 2. The van der Waals surface area contributed by atoms with Gasteiger partial charge in [-0.15, -0.1) is 0 Å². The number of anilines is 1. The van der Waals surface area contributed by atoms with Crippen LogP contribution in [0.5, 0.6) is 0 Å². The van der Waals surface area contributed by atoms with Crippen LogP contribution in [0.25, 0.3) is 0 Å². The van der Waals surface area contributed by atoms with Crippen molar-refractivity contribution in [1.82, 2.24) is 10.2 Å². The van der Waals surface area contributed by atoms with E-state index in [1.807, 2.05) is 0 Å². The van der Waals surface area contributed by atoms with E-state index in [0.29, 0.717) is 33.2 Å². The lowest BCUT2D eigenvalue weighted by Crippen LogP contribution is -2.31. The molecule has 1 N–H and O–H groups in total. The smallest absolute Gasteiger partial charge is 0.259 e. The maximum atomic E-state index is 13.6. The highest BCUT2D eigenvalue weighted by Gasteiger charge is 2.31. The van der Waals surface area contributed by atoms with Gasteiger partial charge in [0.15, 0.2) is 0 Å². The van der Waals surface area contributed by atoms with Gasteiger partial charge in [0.05, 0.1) is 38.4 Å². The van der Waals surface area contributed by atoms with Gasteiger partial charge >= 0.3 is 0 Å². The molecule has 3 aromatic carbocycles. The first kappa shape index (κ1) is 24.3. The summed E-state index contributed by atoms with van der Waals surface area (Å²) in [5, 5.41) is 2.97. The predicted octanol–water partition coefficient (Wildman–Crippen LogP) is 4.37. The highest BCUT2D eigenvalue weighted by atomic mass is 32.2. The summed E-state index contributed by atoms with van der Waals surface area (Å²) >= 11 is 0. The third-order valence-electron chi connectivity index (χ3n) is 6.66. The fourth-order valence-corrected chi connectivity index (χ4v) is 6.09. The van der Waals surface area contributed by atoms with Crippen LogP contribution in [-0.2, 0) is 17.3 Å². The van der Waals surface area contributed by atoms with Crippen molar-refractivity contribution in [3.8, 4) is 0 Å². The van der Waals surface area contributed by atoms with E-state index in [1.54, 1.807) is 54.6 Å². The molecule has 36 heavy (non-hydrogen) atoms. The van der Waals surface area contributed by atoms with Gasteiger partial charge in [0.2, 0.25) is 0 Å². The largest absolute Gasteiger partial charge is 0.352 e. The van der Waals surface area contributed by atoms with Crippen LogP contribution in [-0.4, -0.2) is 47.1 Å².